The smallest absolute Gasteiger partial charge is 0.272 e. The third kappa shape index (κ3) is 4.42. The molecule has 1 aliphatic heterocycles. The molecule has 0 atom stereocenters. The van der Waals surface area contributed by atoms with Gasteiger partial charge in [0.15, 0.2) is 6.61 Å². The van der Waals surface area contributed by atoms with Crippen LogP contribution in [0.15, 0.2) is 18.2 Å². The van der Waals surface area contributed by atoms with Gasteiger partial charge in [-0.2, -0.15) is 0 Å². The van der Waals surface area contributed by atoms with Crippen molar-refractivity contribution in [2.24, 2.45) is 0 Å². The Kier molecular flexibility index (Phi) is 5.32. The second-order valence-electron chi connectivity index (χ2n) is 5.79. The van der Waals surface area contributed by atoms with Crippen molar-refractivity contribution in [1.82, 2.24) is 5.32 Å². The molecule has 0 saturated carbocycles. The number of nitro groups is 1. The molecule has 7 heteroatoms. The number of likely N-dealkylation sites (tertiary alicyclic amines) is 1. The van der Waals surface area contributed by atoms with Crippen molar-refractivity contribution in [2.75, 3.05) is 26.7 Å². The summed E-state index contributed by atoms with van der Waals surface area (Å²) in [6.45, 7) is 3.70. The van der Waals surface area contributed by atoms with Gasteiger partial charge in [0.2, 0.25) is 0 Å². The molecule has 7 nitrogen and oxygen atoms in total. The topological polar surface area (TPSA) is 85.9 Å². The number of nitrogens with one attached hydrogen (secondary N) is 2. The molecular formula is C15H22N3O4+. The maximum Gasteiger partial charge on any atom is 0.272 e. The van der Waals surface area contributed by atoms with Crippen LogP contribution in [0.5, 0.6) is 5.75 Å². The zero-order valence-electron chi connectivity index (χ0n) is 12.9. The van der Waals surface area contributed by atoms with E-state index in [4.69, 9.17) is 4.74 Å². The van der Waals surface area contributed by atoms with Crippen molar-refractivity contribution in [3.63, 3.8) is 0 Å². The fraction of sp³-hybridized carbons (Fsp3) is 0.533. The molecule has 2 rings (SSSR count). The zero-order chi connectivity index (χ0) is 16.1. The molecule has 1 saturated heterocycles. The van der Waals surface area contributed by atoms with Crippen LogP contribution < -0.4 is 15.0 Å². The summed E-state index contributed by atoms with van der Waals surface area (Å²) in [4.78, 5) is 23.7. The van der Waals surface area contributed by atoms with Gasteiger partial charge in [-0.1, -0.05) is 0 Å². The Morgan fingerprint density at radius 2 is 2.14 bits per heavy atom. The summed E-state index contributed by atoms with van der Waals surface area (Å²) in [5, 5.41) is 13.7. The first-order valence-electron chi connectivity index (χ1n) is 7.44. The van der Waals surface area contributed by atoms with Gasteiger partial charge in [-0.25, -0.2) is 0 Å². The second kappa shape index (κ2) is 7.22. The lowest BCUT2D eigenvalue weighted by Gasteiger charge is -2.27. The predicted molar refractivity (Wildman–Crippen MR) is 81.1 cm³/mol. The number of benzene rings is 1. The van der Waals surface area contributed by atoms with E-state index in [0.717, 1.165) is 25.9 Å². The molecule has 0 aliphatic carbocycles. The Labute approximate surface area is 129 Å². The van der Waals surface area contributed by atoms with Crippen LogP contribution in [0.4, 0.5) is 5.69 Å². The summed E-state index contributed by atoms with van der Waals surface area (Å²) in [5.41, 5.74) is 0.562. The number of carbonyl (C=O) groups excluding carboxylic acids is 1. The molecule has 0 spiro atoms. The molecule has 2 N–H and O–H groups in total. The zero-order valence-corrected chi connectivity index (χ0v) is 12.9. The monoisotopic (exact) mass is 308 g/mol. The summed E-state index contributed by atoms with van der Waals surface area (Å²) in [7, 11) is 2.15. The summed E-state index contributed by atoms with van der Waals surface area (Å²) in [6.07, 6.45) is 1.96. The molecular weight excluding hydrogens is 286 g/mol. The number of quaternary nitrogens is 1. The van der Waals surface area contributed by atoms with Crippen LogP contribution in [0.1, 0.15) is 18.4 Å². The summed E-state index contributed by atoms with van der Waals surface area (Å²) < 4.78 is 5.41. The number of carbonyl (C=O) groups is 1. The molecule has 1 aromatic rings. The number of amides is 1. The van der Waals surface area contributed by atoms with Crippen LogP contribution in [-0.2, 0) is 4.79 Å². The van der Waals surface area contributed by atoms with Crippen molar-refractivity contribution in [1.29, 1.82) is 0 Å². The molecule has 22 heavy (non-hydrogen) atoms. The van der Waals surface area contributed by atoms with Crippen molar-refractivity contribution in [3.8, 4) is 5.75 Å². The van der Waals surface area contributed by atoms with Crippen molar-refractivity contribution < 1.29 is 19.4 Å². The summed E-state index contributed by atoms with van der Waals surface area (Å²) >= 11 is 0. The molecule has 0 aromatic heterocycles. The van der Waals surface area contributed by atoms with Gasteiger partial charge in [0.1, 0.15) is 5.75 Å². The van der Waals surface area contributed by atoms with E-state index in [-0.39, 0.29) is 24.2 Å². The Balaban J connectivity index is 1.81. The number of ether oxygens (including phenoxy) is 1. The molecule has 0 bridgehead atoms. The average molecular weight is 308 g/mol. The number of hydrogen-bond donors (Lipinski definition) is 2. The average Bonchev–Trinajstić information content (AvgIpc) is 2.47. The summed E-state index contributed by atoms with van der Waals surface area (Å²) in [5.74, 6) is 0.312. The maximum absolute atomic E-state index is 11.9. The van der Waals surface area contributed by atoms with E-state index in [1.54, 1.807) is 13.0 Å². The predicted octanol–water partition coefficient (Wildman–Crippen LogP) is 0.0753. The Hall–Kier alpha value is -2.15. The normalized spacial score (nSPS) is 21.2. The van der Waals surface area contributed by atoms with Crippen LogP contribution >= 0.6 is 0 Å². The van der Waals surface area contributed by atoms with E-state index in [1.807, 2.05) is 0 Å². The number of nitrogens with zero attached hydrogens (tertiary/aromatic N) is 1. The van der Waals surface area contributed by atoms with Crippen LogP contribution in [-0.4, -0.2) is 43.6 Å². The number of rotatable bonds is 5. The Morgan fingerprint density at radius 1 is 1.45 bits per heavy atom. The first kappa shape index (κ1) is 16.2. The fourth-order valence-electron chi connectivity index (χ4n) is 2.60. The number of piperidine rings is 1. The SMILES string of the molecule is Cc1cc(OCC(=O)NC2CC[NH+](C)CC2)ccc1[N+](=O)[O-]. The van der Waals surface area contributed by atoms with Crippen molar-refractivity contribution in [2.45, 2.75) is 25.8 Å². The molecule has 1 heterocycles. The lowest BCUT2D eigenvalue weighted by Crippen LogP contribution is -3.10. The van der Waals surface area contributed by atoms with Crippen LogP contribution in [0, 0.1) is 17.0 Å². The van der Waals surface area contributed by atoms with Gasteiger partial charge in [0.05, 0.1) is 25.1 Å². The van der Waals surface area contributed by atoms with E-state index >= 15 is 0 Å². The Bertz CT molecular complexity index is 554. The van der Waals surface area contributed by atoms with Crippen molar-refractivity contribution >= 4 is 11.6 Å². The highest BCUT2D eigenvalue weighted by Gasteiger charge is 2.21. The molecule has 0 unspecified atom stereocenters. The maximum atomic E-state index is 11.9. The summed E-state index contributed by atoms with van der Waals surface area (Å²) in [6, 6.07) is 4.70. The minimum Gasteiger partial charge on any atom is -0.484 e. The Morgan fingerprint density at radius 3 is 2.73 bits per heavy atom. The van der Waals surface area contributed by atoms with Gasteiger partial charge in [-0.15, -0.1) is 0 Å². The minimum absolute atomic E-state index is 0.0469. The highest BCUT2D eigenvalue weighted by Crippen LogP contribution is 2.22. The van der Waals surface area contributed by atoms with Gasteiger partial charge in [0.25, 0.3) is 11.6 Å². The first-order valence-corrected chi connectivity index (χ1v) is 7.44. The second-order valence-corrected chi connectivity index (χ2v) is 5.79. The van der Waals surface area contributed by atoms with Crippen LogP contribution in [0.3, 0.4) is 0 Å². The lowest BCUT2D eigenvalue weighted by atomic mass is 10.1. The van der Waals surface area contributed by atoms with Crippen molar-refractivity contribution in [3.05, 3.63) is 33.9 Å². The quantitative estimate of drug-likeness (QED) is 0.596. The highest BCUT2D eigenvalue weighted by molar-refractivity contribution is 5.77. The van der Waals surface area contributed by atoms with Gasteiger partial charge in [-0.05, 0) is 19.1 Å². The molecule has 1 fully saturated rings. The molecule has 1 aliphatic rings. The molecule has 1 amide bonds. The third-order valence-corrected chi connectivity index (χ3v) is 3.94. The minimum atomic E-state index is -0.437. The number of aryl methyl sites for hydroxylation is 1. The van der Waals surface area contributed by atoms with E-state index in [1.165, 1.54) is 17.0 Å². The van der Waals surface area contributed by atoms with Gasteiger partial charge in [-0.3, -0.25) is 14.9 Å². The molecule has 1 aromatic carbocycles. The molecule has 120 valence electrons. The molecule has 0 radical (unpaired) electrons. The first-order chi connectivity index (χ1) is 10.5. The van der Waals surface area contributed by atoms with Gasteiger partial charge in [0, 0.05) is 30.5 Å². The van der Waals surface area contributed by atoms with Crippen LogP contribution in [0.2, 0.25) is 0 Å². The van der Waals surface area contributed by atoms with E-state index in [9.17, 15) is 14.9 Å². The highest BCUT2D eigenvalue weighted by atomic mass is 16.6. The number of hydrogen-bond acceptors (Lipinski definition) is 4. The fourth-order valence-corrected chi connectivity index (χ4v) is 2.60. The largest absolute Gasteiger partial charge is 0.484 e. The number of nitro benzene ring substituents is 1. The lowest BCUT2D eigenvalue weighted by molar-refractivity contribution is -0.884. The van der Waals surface area contributed by atoms with E-state index < -0.39 is 4.92 Å². The van der Waals surface area contributed by atoms with E-state index in [2.05, 4.69) is 12.4 Å². The van der Waals surface area contributed by atoms with E-state index in [0.29, 0.717) is 11.3 Å². The third-order valence-electron chi connectivity index (χ3n) is 3.94. The standard InChI is InChI=1S/C15H21N3O4/c1-11-9-13(3-4-14(11)18(20)21)22-10-15(19)16-12-5-7-17(2)8-6-12/h3-4,9,12H,5-8,10H2,1-2H3,(H,16,19)/p+1. The van der Waals surface area contributed by atoms with Gasteiger partial charge < -0.3 is 15.0 Å². The van der Waals surface area contributed by atoms with Crippen LogP contribution in [0.25, 0.3) is 0 Å². The van der Waals surface area contributed by atoms with Gasteiger partial charge >= 0.3 is 0 Å².